The molecule has 1 heterocycles. The minimum absolute atomic E-state index is 0.0437. The standard InChI is InChI=1S/C12H11NO6/c1-3-6-4-7-9(5-8(6)18-2)19-12(15)10(11(7)14)13(16)17/h4-5,14H,3H2,1-2H3. The van der Waals surface area contributed by atoms with Gasteiger partial charge in [0.15, 0.2) is 0 Å². The Balaban J connectivity index is 2.90. The normalized spacial score (nSPS) is 10.6. The van der Waals surface area contributed by atoms with Crippen molar-refractivity contribution in [3.63, 3.8) is 0 Å². The van der Waals surface area contributed by atoms with Crippen molar-refractivity contribution in [1.29, 1.82) is 0 Å². The molecule has 0 aliphatic heterocycles. The van der Waals surface area contributed by atoms with Crippen LogP contribution in [-0.2, 0) is 6.42 Å². The lowest BCUT2D eigenvalue weighted by Crippen LogP contribution is -2.07. The van der Waals surface area contributed by atoms with Crippen molar-refractivity contribution < 1.29 is 19.2 Å². The maximum Gasteiger partial charge on any atom is 0.419 e. The SMILES string of the molecule is CCc1cc2c(O)c([N+](=O)[O-])c(=O)oc2cc1OC. The Kier molecular flexibility index (Phi) is 3.12. The molecule has 0 aliphatic carbocycles. The summed E-state index contributed by atoms with van der Waals surface area (Å²) >= 11 is 0. The summed E-state index contributed by atoms with van der Waals surface area (Å²) in [6.45, 7) is 1.87. The second-order valence-corrected chi connectivity index (χ2v) is 3.86. The van der Waals surface area contributed by atoms with Crippen LogP contribution in [0.4, 0.5) is 5.69 Å². The monoisotopic (exact) mass is 265 g/mol. The third-order valence-electron chi connectivity index (χ3n) is 2.82. The average molecular weight is 265 g/mol. The highest BCUT2D eigenvalue weighted by molar-refractivity contribution is 5.88. The van der Waals surface area contributed by atoms with E-state index in [-0.39, 0.29) is 11.0 Å². The van der Waals surface area contributed by atoms with E-state index in [1.807, 2.05) is 6.92 Å². The van der Waals surface area contributed by atoms with E-state index < -0.39 is 22.0 Å². The zero-order valence-electron chi connectivity index (χ0n) is 10.3. The molecule has 0 saturated carbocycles. The lowest BCUT2D eigenvalue weighted by molar-refractivity contribution is -0.388. The van der Waals surface area contributed by atoms with Gasteiger partial charge in [-0.25, -0.2) is 4.79 Å². The van der Waals surface area contributed by atoms with E-state index in [0.29, 0.717) is 12.2 Å². The van der Waals surface area contributed by atoms with E-state index in [1.165, 1.54) is 19.2 Å². The van der Waals surface area contributed by atoms with E-state index in [2.05, 4.69) is 0 Å². The number of benzene rings is 1. The molecule has 100 valence electrons. The number of methoxy groups -OCH3 is 1. The van der Waals surface area contributed by atoms with E-state index in [4.69, 9.17) is 9.15 Å². The van der Waals surface area contributed by atoms with Gasteiger partial charge in [-0.1, -0.05) is 6.92 Å². The summed E-state index contributed by atoms with van der Waals surface area (Å²) in [7, 11) is 1.46. The van der Waals surface area contributed by atoms with E-state index >= 15 is 0 Å². The molecule has 0 aliphatic rings. The molecule has 2 rings (SSSR count). The number of hydrogen-bond acceptors (Lipinski definition) is 6. The van der Waals surface area contributed by atoms with Gasteiger partial charge >= 0.3 is 11.3 Å². The van der Waals surface area contributed by atoms with Crippen LogP contribution in [0.15, 0.2) is 21.3 Å². The molecular formula is C12H11NO6. The zero-order valence-corrected chi connectivity index (χ0v) is 10.3. The zero-order chi connectivity index (χ0) is 14.2. The second kappa shape index (κ2) is 4.60. The van der Waals surface area contributed by atoms with Gasteiger partial charge in [0.05, 0.1) is 17.4 Å². The van der Waals surface area contributed by atoms with Crippen LogP contribution in [0.1, 0.15) is 12.5 Å². The van der Waals surface area contributed by atoms with Crippen LogP contribution >= 0.6 is 0 Å². The Morgan fingerprint density at radius 3 is 2.68 bits per heavy atom. The van der Waals surface area contributed by atoms with E-state index in [9.17, 15) is 20.0 Å². The molecule has 1 aromatic heterocycles. The lowest BCUT2D eigenvalue weighted by Gasteiger charge is -2.08. The summed E-state index contributed by atoms with van der Waals surface area (Å²) in [4.78, 5) is 21.2. The third kappa shape index (κ3) is 1.99. The molecule has 7 nitrogen and oxygen atoms in total. The second-order valence-electron chi connectivity index (χ2n) is 3.86. The number of nitrogens with zero attached hydrogens (tertiary/aromatic N) is 1. The molecule has 7 heteroatoms. The predicted molar refractivity (Wildman–Crippen MR) is 66.7 cm³/mol. The molecule has 2 aromatic rings. The molecule has 0 amide bonds. The fraction of sp³-hybridized carbons (Fsp3) is 0.250. The van der Waals surface area contributed by atoms with Crippen LogP contribution in [0.3, 0.4) is 0 Å². The molecular weight excluding hydrogens is 254 g/mol. The molecule has 19 heavy (non-hydrogen) atoms. The van der Waals surface area contributed by atoms with E-state index in [0.717, 1.165) is 5.56 Å². The van der Waals surface area contributed by atoms with Crippen molar-refractivity contribution in [3.05, 3.63) is 38.2 Å². The number of rotatable bonds is 3. The van der Waals surface area contributed by atoms with Gasteiger partial charge < -0.3 is 14.3 Å². The Labute approximate surface area is 107 Å². The minimum atomic E-state index is -1.19. The Bertz CT molecular complexity index is 718. The summed E-state index contributed by atoms with van der Waals surface area (Å²) in [5.74, 6) is -0.194. The summed E-state index contributed by atoms with van der Waals surface area (Å²) in [6, 6.07) is 2.94. The lowest BCUT2D eigenvalue weighted by atomic mass is 10.1. The molecule has 0 radical (unpaired) electrons. The molecule has 0 unspecified atom stereocenters. The summed E-state index contributed by atoms with van der Waals surface area (Å²) in [5.41, 5.74) is -1.36. The number of ether oxygens (including phenoxy) is 1. The average Bonchev–Trinajstić information content (AvgIpc) is 2.36. The van der Waals surface area contributed by atoms with Crippen molar-refractivity contribution in [2.45, 2.75) is 13.3 Å². The van der Waals surface area contributed by atoms with Gasteiger partial charge in [-0.15, -0.1) is 0 Å². The van der Waals surface area contributed by atoms with Crippen molar-refractivity contribution in [2.75, 3.05) is 7.11 Å². The van der Waals surface area contributed by atoms with Gasteiger partial charge in [-0.3, -0.25) is 10.1 Å². The van der Waals surface area contributed by atoms with Crippen LogP contribution in [0.2, 0.25) is 0 Å². The molecule has 1 aromatic carbocycles. The summed E-state index contributed by atoms with van der Waals surface area (Å²) in [6.07, 6.45) is 0.603. The third-order valence-corrected chi connectivity index (χ3v) is 2.82. The largest absolute Gasteiger partial charge is 0.501 e. The topological polar surface area (TPSA) is 103 Å². The van der Waals surface area contributed by atoms with Gasteiger partial charge in [-0.05, 0) is 18.1 Å². The van der Waals surface area contributed by atoms with Gasteiger partial charge in [0.2, 0.25) is 5.75 Å². The molecule has 1 N–H and O–H groups in total. The quantitative estimate of drug-likeness (QED) is 0.517. The smallest absolute Gasteiger partial charge is 0.419 e. The van der Waals surface area contributed by atoms with Gasteiger partial charge in [-0.2, -0.15) is 0 Å². The van der Waals surface area contributed by atoms with E-state index in [1.54, 1.807) is 0 Å². The predicted octanol–water partition coefficient (Wildman–Crippen LogP) is 1.98. The summed E-state index contributed by atoms with van der Waals surface area (Å²) < 4.78 is 9.96. The van der Waals surface area contributed by atoms with Crippen LogP contribution in [0.25, 0.3) is 11.0 Å². The van der Waals surface area contributed by atoms with Gasteiger partial charge in [0.25, 0.3) is 0 Å². The van der Waals surface area contributed by atoms with Crippen LogP contribution in [0, 0.1) is 10.1 Å². The number of nitro groups is 1. The highest BCUT2D eigenvalue weighted by Gasteiger charge is 2.25. The fourth-order valence-corrected chi connectivity index (χ4v) is 1.88. The number of fused-ring (bicyclic) bond motifs is 1. The molecule has 0 atom stereocenters. The van der Waals surface area contributed by atoms with Crippen molar-refractivity contribution in [2.24, 2.45) is 0 Å². The van der Waals surface area contributed by atoms with Crippen LogP contribution in [-0.4, -0.2) is 17.1 Å². The molecule has 0 saturated heterocycles. The van der Waals surface area contributed by atoms with Gasteiger partial charge in [0.1, 0.15) is 11.3 Å². The summed E-state index contributed by atoms with van der Waals surface area (Å²) in [5, 5.41) is 20.7. The van der Waals surface area contributed by atoms with Gasteiger partial charge in [0, 0.05) is 6.07 Å². The van der Waals surface area contributed by atoms with Crippen molar-refractivity contribution in [3.8, 4) is 11.5 Å². The highest BCUT2D eigenvalue weighted by Crippen LogP contribution is 2.35. The first-order valence-corrected chi connectivity index (χ1v) is 5.50. The van der Waals surface area contributed by atoms with Crippen LogP contribution < -0.4 is 10.4 Å². The number of hydrogen-bond donors (Lipinski definition) is 1. The Morgan fingerprint density at radius 1 is 1.47 bits per heavy atom. The van der Waals surface area contributed by atoms with Crippen molar-refractivity contribution in [1.82, 2.24) is 0 Å². The molecule has 0 bridgehead atoms. The first-order valence-electron chi connectivity index (χ1n) is 5.50. The highest BCUT2D eigenvalue weighted by atomic mass is 16.6. The minimum Gasteiger partial charge on any atom is -0.501 e. The Hall–Kier alpha value is -2.57. The van der Waals surface area contributed by atoms with Crippen molar-refractivity contribution >= 4 is 16.7 Å². The first kappa shape index (κ1) is 12.9. The number of aryl methyl sites for hydroxylation is 1. The molecule has 0 fully saturated rings. The number of aromatic hydroxyl groups is 1. The van der Waals surface area contributed by atoms with Crippen LogP contribution in [0.5, 0.6) is 11.5 Å². The molecule has 0 spiro atoms. The maximum absolute atomic E-state index is 11.4. The maximum atomic E-state index is 11.4. The Morgan fingerprint density at radius 2 is 2.16 bits per heavy atom. The first-order chi connectivity index (χ1) is 8.99. The fourth-order valence-electron chi connectivity index (χ4n) is 1.88.